The lowest BCUT2D eigenvalue weighted by molar-refractivity contribution is 0.219. The minimum atomic E-state index is -0.0284. The second-order valence-corrected chi connectivity index (χ2v) is 5.63. The fourth-order valence-corrected chi connectivity index (χ4v) is 3.88. The van der Waals surface area contributed by atoms with Gasteiger partial charge in [-0.2, -0.15) is 0 Å². The molecular formula is C15H20FN. The van der Waals surface area contributed by atoms with Crippen molar-refractivity contribution in [2.24, 2.45) is 5.73 Å². The molecule has 1 nitrogen and oxygen atoms in total. The van der Waals surface area contributed by atoms with Crippen molar-refractivity contribution in [3.05, 3.63) is 35.1 Å². The van der Waals surface area contributed by atoms with E-state index >= 15 is 0 Å². The van der Waals surface area contributed by atoms with Gasteiger partial charge in [0, 0.05) is 11.5 Å². The zero-order valence-corrected chi connectivity index (χ0v) is 10.2. The van der Waals surface area contributed by atoms with Crippen molar-refractivity contribution in [3.63, 3.8) is 0 Å². The van der Waals surface area contributed by atoms with Gasteiger partial charge in [0.05, 0.1) is 0 Å². The third kappa shape index (κ3) is 1.61. The molecule has 1 aromatic rings. The van der Waals surface area contributed by atoms with Gasteiger partial charge in [0.15, 0.2) is 0 Å². The van der Waals surface area contributed by atoms with E-state index in [1.165, 1.54) is 24.8 Å². The van der Waals surface area contributed by atoms with Gasteiger partial charge in [0.1, 0.15) is 5.82 Å². The molecule has 1 spiro atoms. The van der Waals surface area contributed by atoms with Crippen LogP contribution in [-0.2, 0) is 11.8 Å². The first-order valence-electron chi connectivity index (χ1n) is 6.77. The van der Waals surface area contributed by atoms with Gasteiger partial charge in [-0.25, -0.2) is 4.39 Å². The number of benzene rings is 1. The molecule has 0 amide bonds. The molecule has 0 aliphatic heterocycles. The van der Waals surface area contributed by atoms with Crippen LogP contribution in [-0.4, -0.2) is 6.04 Å². The molecule has 0 bridgehead atoms. The van der Waals surface area contributed by atoms with Gasteiger partial charge >= 0.3 is 0 Å². The van der Waals surface area contributed by atoms with Gasteiger partial charge in [0.2, 0.25) is 0 Å². The minimum Gasteiger partial charge on any atom is -0.327 e. The third-order valence-electron chi connectivity index (χ3n) is 4.82. The summed E-state index contributed by atoms with van der Waals surface area (Å²) in [6.07, 6.45) is 7.82. The first-order valence-corrected chi connectivity index (χ1v) is 6.77. The topological polar surface area (TPSA) is 26.0 Å². The summed E-state index contributed by atoms with van der Waals surface area (Å²) < 4.78 is 13.9. The average molecular weight is 233 g/mol. The van der Waals surface area contributed by atoms with E-state index in [0.717, 1.165) is 31.2 Å². The van der Waals surface area contributed by atoms with Crippen molar-refractivity contribution < 1.29 is 4.39 Å². The molecule has 1 saturated carbocycles. The summed E-state index contributed by atoms with van der Waals surface area (Å²) in [6.45, 7) is 0. The maximum atomic E-state index is 13.9. The Balaban J connectivity index is 2.12. The minimum absolute atomic E-state index is 0.0284. The molecular weight excluding hydrogens is 213 g/mol. The van der Waals surface area contributed by atoms with E-state index in [1.807, 2.05) is 6.07 Å². The molecule has 1 fully saturated rings. The van der Waals surface area contributed by atoms with Crippen LogP contribution in [0, 0.1) is 5.82 Å². The van der Waals surface area contributed by atoms with Crippen molar-refractivity contribution in [3.8, 4) is 0 Å². The van der Waals surface area contributed by atoms with Crippen LogP contribution in [0.4, 0.5) is 4.39 Å². The molecule has 1 aromatic carbocycles. The van der Waals surface area contributed by atoms with Crippen LogP contribution < -0.4 is 5.73 Å². The van der Waals surface area contributed by atoms with Gasteiger partial charge < -0.3 is 5.73 Å². The summed E-state index contributed by atoms with van der Waals surface area (Å²) in [7, 11) is 0. The highest BCUT2D eigenvalue weighted by Gasteiger charge is 2.43. The number of halogens is 1. The van der Waals surface area contributed by atoms with Gasteiger partial charge in [-0.1, -0.05) is 31.4 Å². The van der Waals surface area contributed by atoms with Gasteiger partial charge in [-0.05, 0) is 42.9 Å². The lowest BCUT2D eigenvalue weighted by Gasteiger charge is -2.46. The van der Waals surface area contributed by atoms with E-state index < -0.39 is 0 Å². The molecule has 1 atom stereocenters. The van der Waals surface area contributed by atoms with Crippen LogP contribution in [0.5, 0.6) is 0 Å². The second kappa shape index (κ2) is 4.09. The largest absolute Gasteiger partial charge is 0.327 e. The van der Waals surface area contributed by atoms with Crippen molar-refractivity contribution in [1.29, 1.82) is 0 Å². The van der Waals surface area contributed by atoms with E-state index in [2.05, 4.69) is 6.07 Å². The molecule has 3 rings (SSSR count). The van der Waals surface area contributed by atoms with Crippen LogP contribution in [0.25, 0.3) is 0 Å². The van der Waals surface area contributed by atoms with E-state index in [9.17, 15) is 4.39 Å². The molecule has 0 aromatic heterocycles. The van der Waals surface area contributed by atoms with Gasteiger partial charge in [-0.15, -0.1) is 0 Å². The van der Waals surface area contributed by atoms with E-state index in [4.69, 9.17) is 5.73 Å². The normalized spacial score (nSPS) is 26.8. The Bertz CT molecular complexity index is 421. The van der Waals surface area contributed by atoms with Crippen molar-refractivity contribution >= 4 is 0 Å². The zero-order chi connectivity index (χ0) is 11.9. The third-order valence-corrected chi connectivity index (χ3v) is 4.82. The SMILES string of the molecule is NC1CCc2c(F)cccc2C12CCCCC2. The van der Waals surface area contributed by atoms with E-state index in [1.54, 1.807) is 6.07 Å². The van der Waals surface area contributed by atoms with Crippen LogP contribution in [0.1, 0.15) is 49.7 Å². The highest BCUT2D eigenvalue weighted by molar-refractivity contribution is 5.40. The molecule has 2 aliphatic rings. The van der Waals surface area contributed by atoms with Crippen molar-refractivity contribution in [2.45, 2.75) is 56.4 Å². The molecule has 17 heavy (non-hydrogen) atoms. The van der Waals surface area contributed by atoms with Crippen molar-refractivity contribution in [1.82, 2.24) is 0 Å². The standard InChI is InChI=1S/C15H20FN/c16-13-6-4-5-12-11(13)7-8-14(17)15(12)9-2-1-3-10-15/h4-6,14H,1-3,7-10,17H2. The first kappa shape index (κ1) is 11.2. The Hall–Kier alpha value is -0.890. The Morgan fingerprint density at radius 3 is 2.71 bits per heavy atom. The lowest BCUT2D eigenvalue weighted by atomic mass is 9.60. The molecule has 2 aliphatic carbocycles. The second-order valence-electron chi connectivity index (χ2n) is 5.63. The Morgan fingerprint density at radius 2 is 1.94 bits per heavy atom. The summed E-state index contributed by atoms with van der Waals surface area (Å²) in [6, 6.07) is 5.77. The van der Waals surface area contributed by atoms with Crippen LogP contribution in [0.3, 0.4) is 0 Å². The molecule has 92 valence electrons. The lowest BCUT2D eigenvalue weighted by Crippen LogP contribution is -2.50. The first-order chi connectivity index (χ1) is 8.24. The predicted molar refractivity (Wildman–Crippen MR) is 67.5 cm³/mol. The smallest absolute Gasteiger partial charge is 0.126 e. The van der Waals surface area contributed by atoms with Gasteiger partial charge in [-0.3, -0.25) is 0 Å². The van der Waals surface area contributed by atoms with Crippen LogP contribution in [0.2, 0.25) is 0 Å². The summed E-state index contributed by atoms with van der Waals surface area (Å²) >= 11 is 0. The number of hydrogen-bond acceptors (Lipinski definition) is 1. The fourth-order valence-electron chi connectivity index (χ4n) is 3.88. The number of fused-ring (bicyclic) bond motifs is 2. The Morgan fingerprint density at radius 1 is 1.18 bits per heavy atom. The number of hydrogen-bond donors (Lipinski definition) is 1. The van der Waals surface area contributed by atoms with E-state index in [0.29, 0.717) is 0 Å². The van der Waals surface area contributed by atoms with Crippen LogP contribution >= 0.6 is 0 Å². The molecule has 0 heterocycles. The van der Waals surface area contributed by atoms with Gasteiger partial charge in [0.25, 0.3) is 0 Å². The summed E-state index contributed by atoms with van der Waals surface area (Å²) in [5.74, 6) is -0.0284. The Labute approximate surface area is 102 Å². The molecule has 0 radical (unpaired) electrons. The maximum Gasteiger partial charge on any atom is 0.126 e. The molecule has 1 unspecified atom stereocenters. The maximum absolute atomic E-state index is 13.9. The highest BCUT2D eigenvalue weighted by Crippen LogP contribution is 2.47. The fraction of sp³-hybridized carbons (Fsp3) is 0.600. The highest BCUT2D eigenvalue weighted by atomic mass is 19.1. The quantitative estimate of drug-likeness (QED) is 0.731. The molecule has 0 saturated heterocycles. The predicted octanol–water partition coefficient (Wildman–Crippen LogP) is 3.30. The van der Waals surface area contributed by atoms with Crippen molar-refractivity contribution in [2.75, 3.05) is 0 Å². The van der Waals surface area contributed by atoms with Crippen LogP contribution in [0.15, 0.2) is 18.2 Å². The molecule has 2 heteroatoms. The monoisotopic (exact) mass is 233 g/mol. The summed E-state index contributed by atoms with van der Waals surface area (Å²) in [4.78, 5) is 0. The number of nitrogens with two attached hydrogens (primary N) is 1. The number of rotatable bonds is 0. The Kier molecular flexibility index (Phi) is 2.70. The summed E-state index contributed by atoms with van der Waals surface area (Å²) in [5, 5.41) is 0. The average Bonchev–Trinajstić information content (AvgIpc) is 2.36. The summed E-state index contributed by atoms with van der Waals surface area (Å²) in [5.41, 5.74) is 8.62. The zero-order valence-electron chi connectivity index (χ0n) is 10.2. The molecule has 2 N–H and O–H groups in total. The van der Waals surface area contributed by atoms with E-state index in [-0.39, 0.29) is 17.3 Å².